The Morgan fingerprint density at radius 3 is 2.50 bits per heavy atom. The Morgan fingerprint density at radius 2 is 1.82 bits per heavy atom. The molecule has 22 heavy (non-hydrogen) atoms. The summed E-state index contributed by atoms with van der Waals surface area (Å²) in [6.07, 6.45) is 0. The molecule has 0 radical (unpaired) electrons. The van der Waals surface area contributed by atoms with Gasteiger partial charge in [-0.25, -0.2) is 4.79 Å². The summed E-state index contributed by atoms with van der Waals surface area (Å²) in [6.45, 7) is 2.36. The fourth-order valence-electron chi connectivity index (χ4n) is 2.46. The fraction of sp³-hybridized carbons (Fsp3) is 0.176. The molecule has 0 bridgehead atoms. The van der Waals surface area contributed by atoms with Crippen LogP contribution in [0.1, 0.15) is 11.1 Å². The molecule has 2 aromatic carbocycles. The molecule has 0 aliphatic carbocycles. The fourth-order valence-corrected chi connectivity index (χ4v) is 2.71. The second kappa shape index (κ2) is 5.93. The highest BCUT2D eigenvalue weighted by atomic mass is 79.9. The molecule has 1 aliphatic heterocycles. The van der Waals surface area contributed by atoms with E-state index < -0.39 is 0 Å². The quantitative estimate of drug-likeness (QED) is 0.784. The van der Waals surface area contributed by atoms with E-state index in [-0.39, 0.29) is 18.5 Å². The van der Waals surface area contributed by atoms with E-state index in [2.05, 4.69) is 15.9 Å². The lowest BCUT2D eigenvalue weighted by Crippen LogP contribution is -2.32. The van der Waals surface area contributed by atoms with Gasteiger partial charge in [0.15, 0.2) is 0 Å². The molecule has 0 spiro atoms. The van der Waals surface area contributed by atoms with Crippen molar-refractivity contribution in [3.05, 3.63) is 64.1 Å². The molecule has 0 saturated carbocycles. The normalized spacial score (nSPS) is 14.8. The van der Waals surface area contributed by atoms with Gasteiger partial charge in [-0.05, 0) is 36.2 Å². The number of aryl methyl sites for hydroxylation is 1. The van der Waals surface area contributed by atoms with Gasteiger partial charge in [-0.1, -0.05) is 46.3 Å². The van der Waals surface area contributed by atoms with E-state index in [1.54, 1.807) is 0 Å². The standard InChI is InChI=1S/C17H15BrN2O2/c1-12-9-14(7-8-15(12)18)19-11-16(21)20(17(19)22)10-13-5-3-2-4-6-13/h2-9H,10-11H2,1H3. The zero-order chi connectivity index (χ0) is 15.7. The highest BCUT2D eigenvalue weighted by Crippen LogP contribution is 2.26. The van der Waals surface area contributed by atoms with Crippen LogP contribution >= 0.6 is 15.9 Å². The molecule has 4 nitrogen and oxygen atoms in total. The summed E-state index contributed by atoms with van der Waals surface area (Å²) in [5, 5.41) is 0. The first-order valence-electron chi connectivity index (χ1n) is 6.98. The smallest absolute Gasteiger partial charge is 0.285 e. The minimum Gasteiger partial charge on any atom is -0.285 e. The predicted molar refractivity (Wildman–Crippen MR) is 88.6 cm³/mol. The van der Waals surface area contributed by atoms with Crippen LogP contribution < -0.4 is 4.90 Å². The predicted octanol–water partition coefficient (Wildman–Crippen LogP) is 3.73. The monoisotopic (exact) mass is 358 g/mol. The molecule has 1 aliphatic rings. The van der Waals surface area contributed by atoms with Crippen molar-refractivity contribution in [1.29, 1.82) is 0 Å². The Morgan fingerprint density at radius 1 is 1.09 bits per heavy atom. The van der Waals surface area contributed by atoms with Gasteiger partial charge in [-0.2, -0.15) is 0 Å². The number of carbonyl (C=O) groups excluding carboxylic acids is 2. The van der Waals surface area contributed by atoms with Gasteiger partial charge in [0.05, 0.1) is 6.54 Å². The summed E-state index contributed by atoms with van der Waals surface area (Å²) >= 11 is 3.44. The number of nitrogens with zero attached hydrogens (tertiary/aromatic N) is 2. The minimum atomic E-state index is -0.268. The number of benzene rings is 2. The van der Waals surface area contributed by atoms with E-state index in [9.17, 15) is 9.59 Å². The molecule has 0 atom stereocenters. The highest BCUT2D eigenvalue weighted by Gasteiger charge is 2.36. The van der Waals surface area contributed by atoms with Crippen LogP contribution in [0.5, 0.6) is 0 Å². The number of hydrogen-bond acceptors (Lipinski definition) is 2. The molecule has 0 aromatic heterocycles. The van der Waals surface area contributed by atoms with E-state index in [0.717, 1.165) is 21.3 Å². The summed E-state index contributed by atoms with van der Waals surface area (Å²) in [7, 11) is 0. The van der Waals surface area contributed by atoms with Crippen LogP contribution in [0, 0.1) is 6.92 Å². The lowest BCUT2D eigenvalue weighted by molar-refractivity contribution is -0.125. The summed E-state index contributed by atoms with van der Waals surface area (Å²) in [5.74, 6) is -0.172. The third-order valence-electron chi connectivity index (χ3n) is 3.69. The van der Waals surface area contributed by atoms with Crippen LogP contribution in [0.3, 0.4) is 0 Å². The zero-order valence-electron chi connectivity index (χ0n) is 12.1. The molecule has 5 heteroatoms. The first kappa shape index (κ1) is 14.8. The molecule has 3 rings (SSSR count). The Labute approximate surface area is 137 Å². The number of urea groups is 1. The Hall–Kier alpha value is -2.14. The molecule has 3 amide bonds. The van der Waals surface area contributed by atoms with Crippen molar-refractivity contribution in [3.8, 4) is 0 Å². The van der Waals surface area contributed by atoms with E-state index in [0.29, 0.717) is 6.54 Å². The van der Waals surface area contributed by atoms with Crippen molar-refractivity contribution in [3.63, 3.8) is 0 Å². The maximum Gasteiger partial charge on any atom is 0.332 e. The lowest BCUT2D eigenvalue weighted by Gasteiger charge is -2.18. The largest absolute Gasteiger partial charge is 0.332 e. The van der Waals surface area contributed by atoms with Crippen molar-refractivity contribution in [2.45, 2.75) is 13.5 Å². The maximum atomic E-state index is 12.5. The SMILES string of the molecule is Cc1cc(N2CC(=O)N(Cc3ccccc3)C2=O)ccc1Br. The van der Waals surface area contributed by atoms with Gasteiger partial charge in [-0.15, -0.1) is 0 Å². The molecule has 0 N–H and O–H groups in total. The number of amides is 3. The van der Waals surface area contributed by atoms with E-state index in [1.807, 2.05) is 55.5 Å². The summed E-state index contributed by atoms with van der Waals surface area (Å²) in [5.41, 5.74) is 2.71. The van der Waals surface area contributed by atoms with Crippen LogP contribution in [0.2, 0.25) is 0 Å². The van der Waals surface area contributed by atoms with E-state index >= 15 is 0 Å². The Kier molecular flexibility index (Phi) is 3.98. The summed E-state index contributed by atoms with van der Waals surface area (Å²) in [6, 6.07) is 14.9. The van der Waals surface area contributed by atoms with Gasteiger partial charge in [0.25, 0.3) is 5.91 Å². The number of hydrogen-bond donors (Lipinski definition) is 0. The molecule has 2 aromatic rings. The van der Waals surface area contributed by atoms with Crippen LogP contribution in [0.4, 0.5) is 10.5 Å². The van der Waals surface area contributed by atoms with Crippen molar-refractivity contribution in [2.75, 3.05) is 11.4 Å². The second-order valence-corrected chi connectivity index (χ2v) is 6.12. The number of rotatable bonds is 3. The van der Waals surface area contributed by atoms with Crippen molar-refractivity contribution >= 4 is 33.6 Å². The van der Waals surface area contributed by atoms with Crippen molar-refractivity contribution in [1.82, 2.24) is 4.90 Å². The topological polar surface area (TPSA) is 40.6 Å². The van der Waals surface area contributed by atoms with Crippen LogP contribution in [-0.2, 0) is 11.3 Å². The zero-order valence-corrected chi connectivity index (χ0v) is 13.7. The Balaban J connectivity index is 1.83. The average molecular weight is 359 g/mol. The molecule has 1 heterocycles. The van der Waals surface area contributed by atoms with Gasteiger partial charge in [0.1, 0.15) is 6.54 Å². The first-order chi connectivity index (χ1) is 10.6. The molecular formula is C17H15BrN2O2. The number of halogens is 1. The molecular weight excluding hydrogens is 344 g/mol. The Bertz CT molecular complexity index is 731. The van der Waals surface area contributed by atoms with Gasteiger partial charge in [0.2, 0.25) is 0 Å². The van der Waals surface area contributed by atoms with Gasteiger partial charge >= 0.3 is 6.03 Å². The van der Waals surface area contributed by atoms with Crippen LogP contribution in [0.25, 0.3) is 0 Å². The van der Waals surface area contributed by atoms with Crippen molar-refractivity contribution < 1.29 is 9.59 Å². The van der Waals surface area contributed by atoms with Crippen molar-refractivity contribution in [2.24, 2.45) is 0 Å². The van der Waals surface area contributed by atoms with Crippen LogP contribution in [0.15, 0.2) is 53.0 Å². The average Bonchev–Trinajstić information content (AvgIpc) is 2.79. The van der Waals surface area contributed by atoms with Crippen LogP contribution in [-0.4, -0.2) is 23.4 Å². The van der Waals surface area contributed by atoms with E-state index in [1.165, 1.54) is 9.80 Å². The first-order valence-corrected chi connectivity index (χ1v) is 7.77. The van der Waals surface area contributed by atoms with E-state index in [4.69, 9.17) is 0 Å². The molecule has 112 valence electrons. The maximum absolute atomic E-state index is 12.5. The van der Waals surface area contributed by atoms with Gasteiger partial charge < -0.3 is 0 Å². The lowest BCUT2D eigenvalue weighted by atomic mass is 10.2. The second-order valence-electron chi connectivity index (χ2n) is 5.27. The number of imide groups is 1. The third-order valence-corrected chi connectivity index (χ3v) is 4.58. The number of anilines is 1. The van der Waals surface area contributed by atoms with Gasteiger partial charge in [-0.3, -0.25) is 14.6 Å². The molecule has 0 unspecified atom stereocenters. The summed E-state index contributed by atoms with van der Waals surface area (Å²) in [4.78, 5) is 27.5. The van der Waals surface area contributed by atoms with Gasteiger partial charge in [0, 0.05) is 10.2 Å². The third kappa shape index (κ3) is 2.76. The number of carbonyl (C=O) groups is 2. The summed E-state index contributed by atoms with van der Waals surface area (Å²) < 4.78 is 0.982. The molecule has 1 saturated heterocycles. The molecule has 1 fully saturated rings. The minimum absolute atomic E-state index is 0.0900. The highest BCUT2D eigenvalue weighted by molar-refractivity contribution is 9.10.